The highest BCUT2D eigenvalue weighted by atomic mass is 35.5. The molecule has 1 amide bonds. The van der Waals surface area contributed by atoms with Gasteiger partial charge >= 0.3 is 0 Å². The SMILES string of the molecule is CN(C)CCN(C)C(=O)/C=C/C(Cc1ccccc1)Nc1ccnc2cc(Cl)ccc12. The summed E-state index contributed by atoms with van der Waals surface area (Å²) < 4.78 is 0. The van der Waals surface area contributed by atoms with Gasteiger partial charge in [-0.2, -0.15) is 0 Å². The lowest BCUT2D eigenvalue weighted by atomic mass is 10.0. The molecule has 3 rings (SSSR count). The Balaban J connectivity index is 1.81. The molecule has 0 aliphatic heterocycles. The van der Waals surface area contributed by atoms with Gasteiger partial charge in [-0.1, -0.05) is 48.0 Å². The highest BCUT2D eigenvalue weighted by Crippen LogP contribution is 2.25. The topological polar surface area (TPSA) is 48.5 Å². The van der Waals surface area contributed by atoms with E-state index in [4.69, 9.17) is 11.6 Å². The first kappa shape index (κ1) is 22.8. The Morgan fingerprint density at radius 2 is 1.87 bits per heavy atom. The molecule has 1 N–H and O–H groups in total. The van der Waals surface area contributed by atoms with Crippen LogP contribution in [0, 0.1) is 0 Å². The zero-order valence-corrected chi connectivity index (χ0v) is 19.0. The molecule has 5 nitrogen and oxygen atoms in total. The molecule has 6 heteroatoms. The maximum absolute atomic E-state index is 12.6. The van der Waals surface area contributed by atoms with Gasteiger partial charge in [-0.25, -0.2) is 0 Å². The zero-order valence-electron chi connectivity index (χ0n) is 18.3. The summed E-state index contributed by atoms with van der Waals surface area (Å²) in [7, 11) is 5.83. The van der Waals surface area contributed by atoms with E-state index >= 15 is 0 Å². The minimum atomic E-state index is -0.0603. The van der Waals surface area contributed by atoms with Gasteiger partial charge in [0.05, 0.1) is 5.52 Å². The van der Waals surface area contributed by atoms with Crippen molar-refractivity contribution in [3.63, 3.8) is 0 Å². The van der Waals surface area contributed by atoms with Crippen molar-refractivity contribution in [1.82, 2.24) is 14.8 Å². The monoisotopic (exact) mass is 436 g/mol. The molecule has 0 aliphatic carbocycles. The third kappa shape index (κ3) is 6.81. The van der Waals surface area contributed by atoms with E-state index in [1.807, 2.05) is 69.7 Å². The number of pyridine rings is 1. The number of rotatable bonds is 9. The number of amides is 1. The van der Waals surface area contributed by atoms with Crippen LogP contribution in [-0.4, -0.2) is 61.0 Å². The van der Waals surface area contributed by atoms with Crippen LogP contribution in [0.5, 0.6) is 0 Å². The average Bonchev–Trinajstić information content (AvgIpc) is 2.76. The van der Waals surface area contributed by atoms with Gasteiger partial charge in [0.2, 0.25) is 5.91 Å². The van der Waals surface area contributed by atoms with E-state index in [0.717, 1.165) is 29.6 Å². The molecule has 0 saturated heterocycles. The van der Waals surface area contributed by atoms with Gasteiger partial charge in [-0.15, -0.1) is 0 Å². The van der Waals surface area contributed by atoms with Crippen LogP contribution in [0.2, 0.25) is 5.02 Å². The molecule has 0 radical (unpaired) electrons. The zero-order chi connectivity index (χ0) is 22.2. The average molecular weight is 437 g/mol. The van der Waals surface area contributed by atoms with Crippen LogP contribution < -0.4 is 5.32 Å². The van der Waals surface area contributed by atoms with Crippen LogP contribution in [0.1, 0.15) is 5.56 Å². The molecular formula is C25H29ClN4O. The van der Waals surface area contributed by atoms with Gasteiger partial charge in [0, 0.05) is 54.5 Å². The van der Waals surface area contributed by atoms with E-state index in [2.05, 4.69) is 27.3 Å². The van der Waals surface area contributed by atoms with Gasteiger partial charge in [0.15, 0.2) is 0 Å². The number of carbonyl (C=O) groups is 1. The number of fused-ring (bicyclic) bond motifs is 1. The highest BCUT2D eigenvalue weighted by molar-refractivity contribution is 6.31. The van der Waals surface area contributed by atoms with E-state index in [-0.39, 0.29) is 11.9 Å². The maximum Gasteiger partial charge on any atom is 0.246 e. The van der Waals surface area contributed by atoms with Crippen molar-refractivity contribution in [2.75, 3.05) is 39.5 Å². The Labute approximate surface area is 189 Å². The van der Waals surface area contributed by atoms with Gasteiger partial charge < -0.3 is 15.1 Å². The van der Waals surface area contributed by atoms with Crippen LogP contribution in [0.25, 0.3) is 10.9 Å². The first-order chi connectivity index (χ1) is 14.9. The third-order valence-electron chi connectivity index (χ3n) is 5.07. The van der Waals surface area contributed by atoms with Gasteiger partial charge in [-0.05, 0) is 50.3 Å². The summed E-state index contributed by atoms with van der Waals surface area (Å²) in [6.07, 6.45) is 6.13. The standard InChI is InChI=1S/C25H29ClN4O/c1-29(2)15-16-30(3)25(31)12-10-21(17-19-7-5-4-6-8-19)28-23-13-14-27-24-18-20(26)9-11-22(23)24/h4-14,18,21H,15-17H2,1-3H3,(H,27,28)/b12-10+. The van der Waals surface area contributed by atoms with Gasteiger partial charge in [0.1, 0.15) is 0 Å². The smallest absolute Gasteiger partial charge is 0.246 e. The fourth-order valence-electron chi connectivity index (χ4n) is 3.27. The second-order valence-electron chi connectivity index (χ2n) is 7.88. The summed E-state index contributed by atoms with van der Waals surface area (Å²) in [5.74, 6) is -0.00641. The largest absolute Gasteiger partial charge is 0.378 e. The molecule has 0 saturated carbocycles. The normalized spacial score (nSPS) is 12.4. The molecule has 2 aromatic carbocycles. The van der Waals surface area contributed by atoms with Crippen LogP contribution in [0.3, 0.4) is 0 Å². The molecule has 0 bridgehead atoms. The summed E-state index contributed by atoms with van der Waals surface area (Å²) in [5, 5.41) is 5.24. The molecule has 1 unspecified atom stereocenters. The fraction of sp³-hybridized carbons (Fsp3) is 0.280. The van der Waals surface area contributed by atoms with Crippen molar-refractivity contribution in [1.29, 1.82) is 0 Å². The third-order valence-corrected chi connectivity index (χ3v) is 5.31. The molecule has 3 aromatic rings. The molecule has 1 atom stereocenters. The number of nitrogens with one attached hydrogen (secondary N) is 1. The predicted octanol–water partition coefficient (Wildman–Crippen LogP) is 4.49. The van der Waals surface area contributed by atoms with Crippen molar-refractivity contribution < 1.29 is 4.79 Å². The van der Waals surface area contributed by atoms with E-state index in [9.17, 15) is 4.79 Å². The molecule has 0 spiro atoms. The maximum atomic E-state index is 12.6. The molecular weight excluding hydrogens is 408 g/mol. The second-order valence-corrected chi connectivity index (χ2v) is 8.32. The lowest BCUT2D eigenvalue weighted by molar-refractivity contribution is -0.124. The lowest BCUT2D eigenvalue weighted by Crippen LogP contribution is -2.32. The van der Waals surface area contributed by atoms with Gasteiger partial charge in [-0.3, -0.25) is 9.78 Å². The lowest BCUT2D eigenvalue weighted by Gasteiger charge is -2.20. The number of hydrogen-bond acceptors (Lipinski definition) is 4. The number of likely N-dealkylation sites (N-methyl/N-ethyl adjacent to an activating group) is 2. The van der Waals surface area contributed by atoms with Crippen molar-refractivity contribution in [2.24, 2.45) is 0 Å². The van der Waals surface area contributed by atoms with E-state index in [1.54, 1.807) is 17.2 Å². The number of carbonyl (C=O) groups excluding carboxylic acids is 1. The number of nitrogens with zero attached hydrogens (tertiary/aromatic N) is 3. The van der Waals surface area contributed by atoms with Crippen LogP contribution in [-0.2, 0) is 11.2 Å². The van der Waals surface area contributed by atoms with Crippen molar-refractivity contribution in [2.45, 2.75) is 12.5 Å². The number of aromatic nitrogens is 1. The first-order valence-electron chi connectivity index (χ1n) is 10.3. The van der Waals surface area contributed by atoms with Crippen molar-refractivity contribution in [3.8, 4) is 0 Å². The van der Waals surface area contributed by atoms with Crippen LogP contribution >= 0.6 is 11.6 Å². The minimum absolute atomic E-state index is 0.00641. The molecule has 31 heavy (non-hydrogen) atoms. The minimum Gasteiger partial charge on any atom is -0.378 e. The van der Waals surface area contributed by atoms with Crippen LogP contribution in [0.15, 0.2) is 72.9 Å². The Hall–Kier alpha value is -2.89. The van der Waals surface area contributed by atoms with Crippen LogP contribution in [0.4, 0.5) is 5.69 Å². The summed E-state index contributed by atoms with van der Waals surface area (Å²) in [5.41, 5.74) is 2.99. The summed E-state index contributed by atoms with van der Waals surface area (Å²) >= 11 is 6.13. The second kappa shape index (κ2) is 10.9. The Morgan fingerprint density at radius 1 is 1.10 bits per heavy atom. The van der Waals surface area contributed by atoms with Gasteiger partial charge in [0.25, 0.3) is 0 Å². The number of anilines is 1. The predicted molar refractivity (Wildman–Crippen MR) is 130 cm³/mol. The Bertz CT molecular complexity index is 1040. The van der Waals surface area contributed by atoms with E-state index < -0.39 is 0 Å². The van der Waals surface area contributed by atoms with E-state index in [1.165, 1.54) is 5.56 Å². The Morgan fingerprint density at radius 3 is 2.61 bits per heavy atom. The summed E-state index contributed by atoms with van der Waals surface area (Å²) in [6, 6.07) is 17.8. The number of benzene rings is 2. The number of halogens is 1. The molecule has 0 fully saturated rings. The molecule has 0 aliphatic rings. The first-order valence-corrected chi connectivity index (χ1v) is 10.7. The van der Waals surface area contributed by atoms with Crippen molar-refractivity contribution >= 4 is 34.1 Å². The number of hydrogen-bond donors (Lipinski definition) is 1. The van der Waals surface area contributed by atoms with E-state index in [0.29, 0.717) is 11.6 Å². The summed E-state index contributed by atoms with van der Waals surface area (Å²) in [6.45, 7) is 1.51. The highest BCUT2D eigenvalue weighted by Gasteiger charge is 2.12. The molecule has 1 aromatic heterocycles. The fourth-order valence-corrected chi connectivity index (χ4v) is 3.43. The van der Waals surface area contributed by atoms with Crippen molar-refractivity contribution in [3.05, 3.63) is 83.5 Å². The molecule has 162 valence electrons. The molecule has 1 heterocycles. The quantitative estimate of drug-likeness (QED) is 0.502. The summed E-state index contributed by atoms with van der Waals surface area (Å²) in [4.78, 5) is 20.8. The Kier molecular flexibility index (Phi) is 8.04.